The molecule has 0 bridgehead atoms. The highest BCUT2D eigenvalue weighted by Crippen LogP contribution is 2.59. The van der Waals surface area contributed by atoms with E-state index in [0.717, 1.165) is 11.9 Å². The Morgan fingerprint density at radius 3 is 2.73 bits per heavy atom. The lowest BCUT2D eigenvalue weighted by molar-refractivity contribution is -0.190. The van der Waals surface area contributed by atoms with E-state index in [0.29, 0.717) is 16.4 Å². The van der Waals surface area contributed by atoms with Gasteiger partial charge in [0.25, 0.3) is 5.91 Å². The molecule has 1 fully saturated rings. The van der Waals surface area contributed by atoms with Crippen molar-refractivity contribution in [1.29, 1.82) is 0 Å². The number of aromatic nitrogens is 3. The van der Waals surface area contributed by atoms with Crippen molar-refractivity contribution < 1.29 is 22.7 Å². The molecule has 2 heterocycles. The molecule has 0 aromatic carbocycles. The third kappa shape index (κ3) is 5.80. The normalized spacial score (nSPS) is 15.9. The Hall–Kier alpha value is -2.73. The van der Waals surface area contributed by atoms with Gasteiger partial charge in [0.15, 0.2) is 5.82 Å². The van der Waals surface area contributed by atoms with Gasteiger partial charge in [0, 0.05) is 31.2 Å². The van der Waals surface area contributed by atoms with Crippen LogP contribution in [0.5, 0.6) is 5.88 Å². The van der Waals surface area contributed by atoms with Gasteiger partial charge < -0.3 is 10.5 Å². The van der Waals surface area contributed by atoms with E-state index in [1.165, 1.54) is 35.3 Å². The largest absolute Gasteiger partial charge is 0.477 e. The molecule has 2 aromatic rings. The molecule has 3 N–H and O–H groups in total. The minimum atomic E-state index is -4.21. The van der Waals surface area contributed by atoms with E-state index in [1.807, 2.05) is 0 Å². The highest BCUT2D eigenvalue weighted by atomic mass is 35.5. The quantitative estimate of drug-likeness (QED) is 0.301. The van der Waals surface area contributed by atoms with Crippen molar-refractivity contribution in [2.24, 2.45) is 16.1 Å². The second kappa shape index (κ2) is 10.0. The van der Waals surface area contributed by atoms with Crippen molar-refractivity contribution >= 4 is 35.2 Å². The van der Waals surface area contributed by atoms with Crippen molar-refractivity contribution in [3.05, 3.63) is 46.2 Å². The van der Waals surface area contributed by atoms with E-state index >= 15 is 0 Å². The smallest absolute Gasteiger partial charge is 0.394 e. The number of carbonyl (C=O) groups is 1. The molecule has 13 heteroatoms. The number of hydrogen-bond acceptors (Lipinski definition) is 7. The molecule has 0 radical (unpaired) electrons. The highest BCUT2D eigenvalue weighted by molar-refractivity contribution is 8.02. The minimum Gasteiger partial charge on any atom is -0.477 e. The molecule has 1 saturated carbocycles. The number of allylic oxidation sites excluding steroid dienone is 1. The van der Waals surface area contributed by atoms with Gasteiger partial charge in [-0.25, -0.2) is 9.67 Å². The van der Waals surface area contributed by atoms with Crippen LogP contribution in [-0.2, 0) is 0 Å². The van der Waals surface area contributed by atoms with E-state index < -0.39 is 17.5 Å². The standard InChI is InChI=1S/C20H22ClF3N6O2S/c1-12(26-2)14(11-25)33-29-18(31)13-3-4-15(27-17(13)21)30-9-5-16(28-30)32-10-8-19(6-7-19)20(22,23)24/h3-5,9,11H,6-8,10,25H2,1-2H3,(H,29,31). The number of ether oxygens (including phenoxy) is 1. The predicted molar refractivity (Wildman–Crippen MR) is 121 cm³/mol. The van der Waals surface area contributed by atoms with Crippen molar-refractivity contribution in [2.45, 2.75) is 32.4 Å². The molecule has 178 valence electrons. The minimum absolute atomic E-state index is 0.0522. The zero-order valence-electron chi connectivity index (χ0n) is 17.8. The summed E-state index contributed by atoms with van der Waals surface area (Å²) in [6, 6.07) is 4.53. The van der Waals surface area contributed by atoms with E-state index in [2.05, 4.69) is 19.8 Å². The van der Waals surface area contributed by atoms with Crippen LogP contribution in [0.25, 0.3) is 5.82 Å². The van der Waals surface area contributed by atoms with E-state index in [4.69, 9.17) is 22.1 Å². The molecule has 0 unspecified atom stereocenters. The van der Waals surface area contributed by atoms with Gasteiger partial charge in [-0.15, -0.1) is 5.10 Å². The second-order valence-electron chi connectivity index (χ2n) is 7.36. The summed E-state index contributed by atoms with van der Waals surface area (Å²) in [5, 5.41) is 4.10. The third-order valence-electron chi connectivity index (χ3n) is 5.26. The van der Waals surface area contributed by atoms with Gasteiger partial charge in [0.1, 0.15) is 5.15 Å². The maximum absolute atomic E-state index is 13.0. The number of pyridine rings is 1. The molecule has 33 heavy (non-hydrogen) atoms. The summed E-state index contributed by atoms with van der Waals surface area (Å²) in [6.45, 7) is 1.66. The van der Waals surface area contributed by atoms with Crippen LogP contribution in [0.15, 0.2) is 40.5 Å². The van der Waals surface area contributed by atoms with Crippen molar-refractivity contribution in [3.63, 3.8) is 0 Å². The van der Waals surface area contributed by atoms with Crippen LogP contribution in [0.2, 0.25) is 5.15 Å². The number of rotatable bonds is 9. The Morgan fingerprint density at radius 1 is 1.42 bits per heavy atom. The molecule has 0 saturated heterocycles. The lowest BCUT2D eigenvalue weighted by Crippen LogP contribution is -2.26. The zero-order valence-corrected chi connectivity index (χ0v) is 19.4. The first-order chi connectivity index (χ1) is 15.6. The summed E-state index contributed by atoms with van der Waals surface area (Å²) < 4.78 is 48.3. The Labute approximate surface area is 197 Å². The Balaban J connectivity index is 1.60. The second-order valence-corrected chi connectivity index (χ2v) is 8.56. The van der Waals surface area contributed by atoms with Gasteiger partial charge in [-0.2, -0.15) is 13.2 Å². The fraction of sp³-hybridized carbons (Fsp3) is 0.400. The van der Waals surface area contributed by atoms with Gasteiger partial charge in [0.05, 0.1) is 22.5 Å². The molecule has 3 rings (SSSR count). The number of nitrogens with two attached hydrogens (primary N) is 1. The van der Waals surface area contributed by atoms with E-state index in [-0.39, 0.29) is 42.5 Å². The van der Waals surface area contributed by atoms with Crippen LogP contribution >= 0.6 is 23.5 Å². The van der Waals surface area contributed by atoms with Crippen molar-refractivity contribution in [2.75, 3.05) is 13.7 Å². The van der Waals surface area contributed by atoms with Crippen molar-refractivity contribution in [3.8, 4) is 11.7 Å². The Bertz CT molecular complexity index is 1080. The number of hydrogen-bond donors (Lipinski definition) is 2. The summed E-state index contributed by atoms with van der Waals surface area (Å²) in [7, 11) is 1.61. The maximum Gasteiger partial charge on any atom is 0.394 e. The van der Waals surface area contributed by atoms with Crippen LogP contribution < -0.4 is 15.2 Å². The van der Waals surface area contributed by atoms with Gasteiger partial charge in [0.2, 0.25) is 5.88 Å². The average Bonchev–Trinajstić information content (AvgIpc) is 3.43. The topological polar surface area (TPSA) is 107 Å². The summed E-state index contributed by atoms with van der Waals surface area (Å²) in [5.74, 6) is -0.00171. The molecule has 2 aromatic heterocycles. The summed E-state index contributed by atoms with van der Waals surface area (Å²) in [4.78, 5) is 21.2. The lowest BCUT2D eigenvalue weighted by atomic mass is 10.0. The summed E-state index contributed by atoms with van der Waals surface area (Å²) in [5.41, 5.74) is 4.71. The molecule has 1 aliphatic carbocycles. The predicted octanol–water partition coefficient (Wildman–Crippen LogP) is 4.30. The molecule has 0 spiro atoms. The van der Waals surface area contributed by atoms with Crippen LogP contribution in [-0.4, -0.2) is 46.2 Å². The number of nitrogens with one attached hydrogen (secondary N) is 1. The molecule has 0 atom stereocenters. The molecular formula is C20H22ClF3N6O2S. The Kier molecular flexibility index (Phi) is 7.58. The number of alkyl halides is 3. The number of aliphatic imine (C=N–C) groups is 1. The first-order valence-corrected chi connectivity index (χ1v) is 11.0. The lowest BCUT2D eigenvalue weighted by Gasteiger charge is -2.18. The SMILES string of the molecule is CN=C(C)C(=CN)SNC(=O)c1ccc(-n2ccc(OCCC3(C(F)(F)F)CC3)n2)nc1Cl. The number of carbonyl (C=O) groups excluding carboxylic acids is 1. The van der Waals surface area contributed by atoms with Gasteiger partial charge >= 0.3 is 6.18 Å². The van der Waals surface area contributed by atoms with E-state index in [9.17, 15) is 18.0 Å². The zero-order chi connectivity index (χ0) is 24.2. The molecule has 1 aliphatic rings. The number of halogens is 4. The summed E-state index contributed by atoms with van der Waals surface area (Å²) >= 11 is 7.18. The van der Waals surface area contributed by atoms with Gasteiger partial charge in [-0.05, 0) is 50.3 Å². The third-order valence-corrected chi connectivity index (χ3v) is 6.49. The first kappa shape index (κ1) is 24.9. The fourth-order valence-corrected chi connectivity index (χ4v) is 3.76. The average molecular weight is 503 g/mol. The van der Waals surface area contributed by atoms with Gasteiger partial charge in [-0.3, -0.25) is 14.5 Å². The highest BCUT2D eigenvalue weighted by Gasteiger charge is 2.62. The maximum atomic E-state index is 13.0. The van der Waals surface area contributed by atoms with Crippen LogP contribution in [0, 0.1) is 5.41 Å². The van der Waals surface area contributed by atoms with Gasteiger partial charge in [-0.1, -0.05) is 11.6 Å². The first-order valence-electron chi connectivity index (χ1n) is 9.85. The monoisotopic (exact) mass is 502 g/mol. The molecular weight excluding hydrogens is 481 g/mol. The molecule has 8 nitrogen and oxygen atoms in total. The fourth-order valence-electron chi connectivity index (χ4n) is 2.91. The van der Waals surface area contributed by atoms with Crippen LogP contribution in [0.1, 0.15) is 36.5 Å². The van der Waals surface area contributed by atoms with E-state index in [1.54, 1.807) is 14.0 Å². The van der Waals surface area contributed by atoms with Crippen LogP contribution in [0.3, 0.4) is 0 Å². The number of nitrogens with zero attached hydrogens (tertiary/aromatic N) is 4. The summed E-state index contributed by atoms with van der Waals surface area (Å²) in [6.07, 6.45) is -1.20. The molecule has 1 amide bonds. The van der Waals surface area contributed by atoms with Crippen molar-refractivity contribution in [1.82, 2.24) is 19.5 Å². The Morgan fingerprint density at radius 2 is 2.15 bits per heavy atom. The van der Waals surface area contributed by atoms with Crippen LogP contribution in [0.4, 0.5) is 13.2 Å². The molecule has 0 aliphatic heterocycles. The number of amides is 1.